The summed E-state index contributed by atoms with van der Waals surface area (Å²) < 4.78 is 6.48. The van der Waals surface area contributed by atoms with E-state index < -0.39 is 11.7 Å². The number of amides is 1. The maximum Gasteiger partial charge on any atom is 0.407 e. The fourth-order valence-corrected chi connectivity index (χ4v) is 1.09. The van der Waals surface area contributed by atoms with Gasteiger partial charge in [-0.05, 0) is 20.8 Å². The predicted octanol–water partition coefficient (Wildman–Crippen LogP) is 0.826. The van der Waals surface area contributed by atoms with Gasteiger partial charge >= 0.3 is 6.09 Å². The Kier molecular flexibility index (Phi) is 4.04. The second kappa shape index (κ2) is 5.30. The first-order valence-electron chi connectivity index (χ1n) is 5.13. The fourth-order valence-electron chi connectivity index (χ4n) is 1.09. The van der Waals surface area contributed by atoms with Crippen molar-refractivity contribution >= 4 is 6.09 Å². The first kappa shape index (κ1) is 13.0. The van der Waals surface area contributed by atoms with Gasteiger partial charge in [0.1, 0.15) is 12.1 Å². The maximum absolute atomic E-state index is 11.4. The van der Waals surface area contributed by atoms with E-state index in [9.17, 15) is 4.79 Å². The highest BCUT2D eigenvalue weighted by Gasteiger charge is 2.16. The monoisotopic (exact) mass is 237 g/mol. The van der Waals surface area contributed by atoms with Crippen LogP contribution in [0, 0.1) is 11.3 Å². The minimum absolute atomic E-state index is 0.103. The Morgan fingerprint density at radius 3 is 2.94 bits per heavy atom. The second-order valence-corrected chi connectivity index (χ2v) is 4.40. The molecule has 1 aromatic heterocycles. The third-order valence-electron chi connectivity index (χ3n) is 1.73. The zero-order valence-corrected chi connectivity index (χ0v) is 10.1. The SMILES string of the molecule is CC(C)(C)OC(=O)NCc1cnnn1CC#N. The van der Waals surface area contributed by atoms with Crippen LogP contribution in [0.5, 0.6) is 0 Å². The summed E-state index contributed by atoms with van der Waals surface area (Å²) in [7, 11) is 0. The molecule has 0 aliphatic carbocycles. The van der Waals surface area contributed by atoms with Gasteiger partial charge in [0.2, 0.25) is 0 Å². The van der Waals surface area contributed by atoms with Gasteiger partial charge < -0.3 is 10.1 Å². The van der Waals surface area contributed by atoms with Crippen molar-refractivity contribution in [3.8, 4) is 6.07 Å². The number of ether oxygens (including phenoxy) is 1. The first-order chi connectivity index (χ1) is 7.92. The van der Waals surface area contributed by atoms with Crippen molar-refractivity contribution in [3.05, 3.63) is 11.9 Å². The summed E-state index contributed by atoms with van der Waals surface area (Å²) in [5.41, 5.74) is 0.118. The molecule has 1 rings (SSSR count). The molecule has 0 unspecified atom stereocenters. The standard InChI is InChI=1S/C10H15N5O2/c1-10(2,3)17-9(16)12-6-8-7-13-14-15(8)5-4-11/h7H,5-6H2,1-3H3,(H,12,16). The van der Waals surface area contributed by atoms with Gasteiger partial charge in [0.15, 0.2) is 0 Å². The molecule has 7 heteroatoms. The molecule has 0 saturated carbocycles. The van der Waals surface area contributed by atoms with Crippen LogP contribution in [-0.4, -0.2) is 26.7 Å². The second-order valence-electron chi connectivity index (χ2n) is 4.40. The van der Waals surface area contributed by atoms with Crippen molar-refractivity contribution < 1.29 is 9.53 Å². The molecule has 0 atom stereocenters. The van der Waals surface area contributed by atoms with E-state index >= 15 is 0 Å². The van der Waals surface area contributed by atoms with Crippen molar-refractivity contribution in [2.45, 2.75) is 39.5 Å². The van der Waals surface area contributed by atoms with Crippen LogP contribution in [0.3, 0.4) is 0 Å². The summed E-state index contributed by atoms with van der Waals surface area (Å²) in [4.78, 5) is 11.4. The van der Waals surface area contributed by atoms with Gasteiger partial charge in [-0.2, -0.15) is 5.26 Å². The third-order valence-corrected chi connectivity index (χ3v) is 1.73. The maximum atomic E-state index is 11.4. The average molecular weight is 237 g/mol. The van der Waals surface area contributed by atoms with Crippen LogP contribution in [0.1, 0.15) is 26.5 Å². The fraction of sp³-hybridized carbons (Fsp3) is 0.600. The molecular weight excluding hydrogens is 222 g/mol. The molecule has 0 radical (unpaired) electrons. The predicted molar refractivity (Wildman–Crippen MR) is 58.7 cm³/mol. The van der Waals surface area contributed by atoms with Crippen LogP contribution in [0.15, 0.2) is 6.20 Å². The smallest absolute Gasteiger partial charge is 0.407 e. The van der Waals surface area contributed by atoms with Gasteiger partial charge in [-0.3, -0.25) is 0 Å². The summed E-state index contributed by atoms with van der Waals surface area (Å²) in [5.74, 6) is 0. The largest absolute Gasteiger partial charge is 0.444 e. The number of nitriles is 1. The Bertz CT molecular complexity index is 427. The lowest BCUT2D eigenvalue weighted by molar-refractivity contribution is 0.0522. The summed E-state index contributed by atoms with van der Waals surface area (Å²) >= 11 is 0. The van der Waals surface area contributed by atoms with Crippen molar-refractivity contribution in [1.29, 1.82) is 5.26 Å². The van der Waals surface area contributed by atoms with E-state index in [0.717, 1.165) is 0 Å². The molecule has 7 nitrogen and oxygen atoms in total. The molecule has 92 valence electrons. The zero-order valence-electron chi connectivity index (χ0n) is 10.1. The zero-order chi connectivity index (χ0) is 12.9. The highest BCUT2D eigenvalue weighted by Crippen LogP contribution is 2.06. The highest BCUT2D eigenvalue weighted by atomic mass is 16.6. The molecule has 0 aromatic carbocycles. The van der Waals surface area contributed by atoms with Crippen LogP contribution < -0.4 is 5.32 Å². The van der Waals surface area contributed by atoms with Gasteiger partial charge in [0.25, 0.3) is 0 Å². The lowest BCUT2D eigenvalue weighted by atomic mass is 10.2. The molecule has 1 N–H and O–H groups in total. The molecule has 17 heavy (non-hydrogen) atoms. The number of rotatable bonds is 3. The number of alkyl carbamates (subject to hydrolysis) is 1. The topological polar surface area (TPSA) is 92.8 Å². The molecule has 1 aromatic rings. The van der Waals surface area contributed by atoms with Crippen LogP contribution in [0.4, 0.5) is 4.79 Å². The quantitative estimate of drug-likeness (QED) is 0.840. The summed E-state index contributed by atoms with van der Waals surface area (Å²) in [6, 6.07) is 1.95. The van der Waals surface area contributed by atoms with E-state index in [1.807, 2.05) is 6.07 Å². The lowest BCUT2D eigenvalue weighted by Crippen LogP contribution is -2.32. The molecule has 0 bridgehead atoms. The summed E-state index contributed by atoms with van der Waals surface area (Å²) in [6.07, 6.45) is 0.983. The van der Waals surface area contributed by atoms with Crippen molar-refractivity contribution in [1.82, 2.24) is 20.3 Å². The van der Waals surface area contributed by atoms with E-state index in [1.54, 1.807) is 20.8 Å². The number of carbonyl (C=O) groups excluding carboxylic acids is 1. The third kappa shape index (κ3) is 4.51. The van der Waals surface area contributed by atoms with Crippen LogP contribution in [0.2, 0.25) is 0 Å². The van der Waals surface area contributed by atoms with Crippen molar-refractivity contribution in [2.75, 3.05) is 0 Å². The lowest BCUT2D eigenvalue weighted by Gasteiger charge is -2.19. The summed E-state index contributed by atoms with van der Waals surface area (Å²) in [5, 5.41) is 18.5. The van der Waals surface area contributed by atoms with Gasteiger partial charge in [0, 0.05) is 0 Å². The molecule has 0 saturated heterocycles. The Balaban J connectivity index is 2.48. The molecule has 0 aliphatic rings. The minimum Gasteiger partial charge on any atom is -0.444 e. The van der Waals surface area contributed by atoms with Crippen LogP contribution in [0.25, 0.3) is 0 Å². The van der Waals surface area contributed by atoms with E-state index in [-0.39, 0.29) is 13.1 Å². The molecule has 0 spiro atoms. The molecule has 1 heterocycles. The molecule has 1 amide bonds. The normalized spacial score (nSPS) is 10.7. The Morgan fingerprint density at radius 2 is 2.35 bits per heavy atom. The summed E-state index contributed by atoms with van der Waals surface area (Å²) in [6.45, 7) is 5.69. The van der Waals surface area contributed by atoms with Gasteiger partial charge in [-0.15, -0.1) is 5.10 Å². The van der Waals surface area contributed by atoms with Crippen molar-refractivity contribution in [2.24, 2.45) is 0 Å². The Hall–Kier alpha value is -2.10. The number of aromatic nitrogens is 3. The first-order valence-corrected chi connectivity index (χ1v) is 5.13. The Labute approximate surface area is 99.4 Å². The van der Waals surface area contributed by atoms with E-state index in [1.165, 1.54) is 10.9 Å². The van der Waals surface area contributed by atoms with Gasteiger partial charge in [-0.25, -0.2) is 9.48 Å². The molecular formula is C10H15N5O2. The molecule has 0 fully saturated rings. The number of nitrogens with one attached hydrogen (secondary N) is 1. The van der Waals surface area contributed by atoms with Crippen LogP contribution in [-0.2, 0) is 17.8 Å². The van der Waals surface area contributed by atoms with E-state index in [0.29, 0.717) is 5.69 Å². The minimum atomic E-state index is -0.533. The van der Waals surface area contributed by atoms with Crippen molar-refractivity contribution in [3.63, 3.8) is 0 Å². The van der Waals surface area contributed by atoms with E-state index in [4.69, 9.17) is 10.00 Å². The van der Waals surface area contributed by atoms with Crippen LogP contribution >= 0.6 is 0 Å². The average Bonchev–Trinajstić information content (AvgIpc) is 2.60. The Morgan fingerprint density at radius 1 is 1.65 bits per heavy atom. The molecule has 0 aliphatic heterocycles. The van der Waals surface area contributed by atoms with Gasteiger partial charge in [0.05, 0.1) is 24.5 Å². The number of nitrogens with zero attached hydrogens (tertiary/aromatic N) is 4. The number of carbonyl (C=O) groups is 1. The number of hydrogen-bond acceptors (Lipinski definition) is 5. The number of hydrogen-bond donors (Lipinski definition) is 1. The van der Waals surface area contributed by atoms with E-state index in [2.05, 4.69) is 15.6 Å². The highest BCUT2D eigenvalue weighted by molar-refractivity contribution is 5.67. The van der Waals surface area contributed by atoms with Gasteiger partial charge in [-0.1, -0.05) is 5.21 Å².